The molecule has 0 fully saturated rings. The number of hydrogen-bond acceptors (Lipinski definition) is 3. The molecular formula is C8H9FN4. The van der Waals surface area contributed by atoms with Crippen molar-refractivity contribution < 1.29 is 4.39 Å². The molecule has 0 saturated carbocycles. The van der Waals surface area contributed by atoms with Crippen molar-refractivity contribution in [2.75, 3.05) is 0 Å². The van der Waals surface area contributed by atoms with E-state index in [1.54, 1.807) is 0 Å². The fourth-order valence-corrected chi connectivity index (χ4v) is 0.718. The first-order valence-corrected chi connectivity index (χ1v) is 3.57. The molecule has 0 saturated heterocycles. The molecule has 0 aromatic carbocycles. The molecule has 68 valence electrons. The highest BCUT2D eigenvalue weighted by Gasteiger charge is 1.99. The van der Waals surface area contributed by atoms with Gasteiger partial charge in [-0.1, -0.05) is 0 Å². The van der Waals surface area contributed by atoms with Crippen LogP contribution in [0.15, 0.2) is 35.6 Å². The van der Waals surface area contributed by atoms with E-state index in [2.05, 4.69) is 9.98 Å². The number of nitrogens with zero attached hydrogens (tertiary/aromatic N) is 2. The van der Waals surface area contributed by atoms with E-state index in [0.29, 0.717) is 0 Å². The van der Waals surface area contributed by atoms with Crippen LogP contribution in [0.2, 0.25) is 0 Å². The van der Waals surface area contributed by atoms with Crippen LogP contribution in [0, 0.1) is 5.82 Å². The van der Waals surface area contributed by atoms with E-state index in [0.717, 1.165) is 0 Å². The summed E-state index contributed by atoms with van der Waals surface area (Å²) in [6, 6.07) is 2.73. The minimum Gasteiger partial charge on any atom is -0.404 e. The predicted molar refractivity (Wildman–Crippen MR) is 48.8 cm³/mol. The van der Waals surface area contributed by atoms with E-state index < -0.39 is 5.82 Å². The summed E-state index contributed by atoms with van der Waals surface area (Å²) >= 11 is 0. The zero-order valence-electron chi connectivity index (χ0n) is 6.81. The van der Waals surface area contributed by atoms with Crippen molar-refractivity contribution in [3.63, 3.8) is 0 Å². The first-order valence-electron chi connectivity index (χ1n) is 3.57. The van der Waals surface area contributed by atoms with Gasteiger partial charge >= 0.3 is 0 Å². The minimum absolute atomic E-state index is 0.0434. The zero-order chi connectivity index (χ0) is 9.68. The van der Waals surface area contributed by atoms with Crippen LogP contribution in [0.3, 0.4) is 0 Å². The summed E-state index contributed by atoms with van der Waals surface area (Å²) in [4.78, 5) is 7.37. The Hall–Kier alpha value is -1.91. The third-order valence-electron chi connectivity index (χ3n) is 1.24. The number of rotatable bonds is 2. The van der Waals surface area contributed by atoms with Crippen molar-refractivity contribution in [1.82, 2.24) is 4.98 Å². The van der Waals surface area contributed by atoms with Crippen LogP contribution in [-0.2, 0) is 0 Å². The van der Waals surface area contributed by atoms with Crippen molar-refractivity contribution in [2.24, 2.45) is 16.5 Å². The van der Waals surface area contributed by atoms with E-state index in [9.17, 15) is 4.39 Å². The van der Waals surface area contributed by atoms with Gasteiger partial charge in [0.25, 0.3) is 0 Å². The lowest BCUT2D eigenvalue weighted by Gasteiger charge is -1.94. The lowest BCUT2D eigenvalue weighted by molar-refractivity contribution is 0.624. The Morgan fingerprint density at radius 2 is 2.38 bits per heavy atom. The first kappa shape index (κ1) is 9.18. The van der Waals surface area contributed by atoms with Gasteiger partial charge in [0.05, 0.1) is 0 Å². The van der Waals surface area contributed by atoms with Crippen molar-refractivity contribution >= 4 is 11.7 Å². The second-order valence-corrected chi connectivity index (χ2v) is 2.20. The van der Waals surface area contributed by atoms with E-state index >= 15 is 0 Å². The van der Waals surface area contributed by atoms with Crippen LogP contribution in [0.25, 0.3) is 0 Å². The summed E-state index contributed by atoms with van der Waals surface area (Å²) in [5.41, 5.74) is 10.4. The fourth-order valence-electron chi connectivity index (χ4n) is 0.718. The third-order valence-corrected chi connectivity index (χ3v) is 1.24. The van der Waals surface area contributed by atoms with Crippen molar-refractivity contribution in [3.05, 3.63) is 36.4 Å². The summed E-state index contributed by atoms with van der Waals surface area (Å²) in [6.45, 7) is 0. The average Bonchev–Trinajstić information content (AvgIpc) is 2.09. The van der Waals surface area contributed by atoms with E-state index in [-0.39, 0.29) is 11.7 Å². The molecule has 0 aliphatic carbocycles. The number of halogens is 1. The molecule has 0 amide bonds. The molecule has 0 unspecified atom stereocenters. The number of hydrogen-bond donors (Lipinski definition) is 2. The lowest BCUT2D eigenvalue weighted by atomic mass is 10.4. The van der Waals surface area contributed by atoms with Crippen molar-refractivity contribution in [1.29, 1.82) is 0 Å². The molecule has 0 spiro atoms. The van der Waals surface area contributed by atoms with Crippen molar-refractivity contribution in [2.45, 2.75) is 0 Å². The third kappa shape index (κ3) is 2.55. The SMILES string of the molecule is NC=CC(N)=Nc1ncccc1F. The molecule has 4 N–H and O–H groups in total. The largest absolute Gasteiger partial charge is 0.404 e. The maximum Gasteiger partial charge on any atom is 0.190 e. The number of pyridine rings is 1. The molecule has 1 rings (SSSR count). The normalized spacial score (nSPS) is 12.2. The molecular weight excluding hydrogens is 171 g/mol. The Kier molecular flexibility index (Phi) is 2.97. The van der Waals surface area contributed by atoms with Gasteiger partial charge in [-0.05, 0) is 24.4 Å². The van der Waals surface area contributed by atoms with Gasteiger partial charge in [-0.25, -0.2) is 14.4 Å². The highest BCUT2D eigenvalue weighted by Crippen LogP contribution is 2.11. The Morgan fingerprint density at radius 1 is 1.62 bits per heavy atom. The smallest absolute Gasteiger partial charge is 0.190 e. The van der Waals surface area contributed by atoms with Gasteiger partial charge in [0.1, 0.15) is 5.84 Å². The minimum atomic E-state index is -0.518. The topological polar surface area (TPSA) is 77.3 Å². The second-order valence-electron chi connectivity index (χ2n) is 2.20. The van der Waals surface area contributed by atoms with Gasteiger partial charge < -0.3 is 11.5 Å². The summed E-state index contributed by atoms with van der Waals surface area (Å²) in [5.74, 6) is -0.450. The van der Waals surface area contributed by atoms with Gasteiger partial charge in [-0.15, -0.1) is 0 Å². The second kappa shape index (κ2) is 4.20. The fraction of sp³-hybridized carbons (Fsp3) is 0. The quantitative estimate of drug-likeness (QED) is 0.519. The maximum atomic E-state index is 12.9. The Labute approximate surface area is 74.8 Å². The molecule has 1 aromatic heterocycles. The van der Waals surface area contributed by atoms with E-state index in [1.165, 1.54) is 30.6 Å². The van der Waals surface area contributed by atoms with Crippen LogP contribution < -0.4 is 11.5 Å². The molecule has 0 aliphatic rings. The summed E-state index contributed by atoms with van der Waals surface area (Å²) < 4.78 is 12.9. The van der Waals surface area contributed by atoms with Crippen LogP contribution >= 0.6 is 0 Å². The highest BCUT2D eigenvalue weighted by atomic mass is 19.1. The van der Waals surface area contributed by atoms with Gasteiger partial charge in [-0.3, -0.25) is 0 Å². The summed E-state index contributed by atoms with van der Waals surface area (Å²) in [7, 11) is 0. The molecule has 4 nitrogen and oxygen atoms in total. The molecule has 5 heteroatoms. The van der Waals surface area contributed by atoms with E-state index in [1.807, 2.05) is 0 Å². The Bertz CT molecular complexity index is 346. The highest BCUT2D eigenvalue weighted by molar-refractivity contribution is 5.92. The van der Waals surface area contributed by atoms with Gasteiger partial charge in [0.2, 0.25) is 0 Å². The monoisotopic (exact) mass is 180 g/mol. The van der Waals surface area contributed by atoms with Gasteiger partial charge in [0, 0.05) is 6.20 Å². The first-order chi connectivity index (χ1) is 6.24. The van der Waals surface area contributed by atoms with Crippen LogP contribution in [0.1, 0.15) is 0 Å². The molecule has 0 bridgehead atoms. The average molecular weight is 180 g/mol. The van der Waals surface area contributed by atoms with Gasteiger partial charge in [-0.2, -0.15) is 0 Å². The summed E-state index contributed by atoms with van der Waals surface area (Å²) in [6.07, 6.45) is 4.01. The molecule has 0 aliphatic heterocycles. The molecule has 13 heavy (non-hydrogen) atoms. The Balaban J connectivity index is 2.97. The molecule has 1 heterocycles. The van der Waals surface area contributed by atoms with Crippen LogP contribution in [-0.4, -0.2) is 10.8 Å². The number of aliphatic imine (C=N–C) groups is 1. The number of nitrogens with two attached hydrogens (primary N) is 2. The Morgan fingerprint density at radius 3 is 3.00 bits per heavy atom. The molecule has 1 aromatic rings. The number of amidine groups is 1. The predicted octanol–water partition coefficient (Wildman–Crippen LogP) is 0.682. The van der Waals surface area contributed by atoms with Crippen molar-refractivity contribution in [3.8, 4) is 0 Å². The molecule has 0 radical (unpaired) electrons. The van der Waals surface area contributed by atoms with Crippen LogP contribution in [0.5, 0.6) is 0 Å². The maximum absolute atomic E-state index is 12.9. The zero-order valence-corrected chi connectivity index (χ0v) is 6.81. The van der Waals surface area contributed by atoms with Crippen LogP contribution in [0.4, 0.5) is 10.2 Å². The number of aromatic nitrogens is 1. The lowest BCUT2D eigenvalue weighted by Crippen LogP contribution is -2.08. The van der Waals surface area contributed by atoms with Gasteiger partial charge in [0.15, 0.2) is 11.6 Å². The molecule has 0 atom stereocenters. The summed E-state index contributed by atoms with van der Waals surface area (Å²) in [5, 5.41) is 0. The standard InChI is InChI=1S/C8H9FN4/c9-6-2-1-5-12-8(6)13-7(11)3-4-10/h1-5H,10H2,(H2,11,12,13). The van der Waals surface area contributed by atoms with E-state index in [4.69, 9.17) is 11.5 Å².